The van der Waals surface area contributed by atoms with Gasteiger partial charge in [0.05, 0.1) is 12.1 Å². The summed E-state index contributed by atoms with van der Waals surface area (Å²) in [5.41, 5.74) is -3.52. The number of aryl methyl sites for hydroxylation is 1. The Morgan fingerprint density at radius 3 is 2.36 bits per heavy atom. The predicted octanol–water partition coefficient (Wildman–Crippen LogP) is 2.11. The van der Waals surface area contributed by atoms with Crippen LogP contribution >= 0.6 is 0 Å². The van der Waals surface area contributed by atoms with Crippen LogP contribution in [0.15, 0.2) is 49.1 Å². The number of H-pyrrole nitrogens is 1. The lowest BCUT2D eigenvalue weighted by Gasteiger charge is -2.09. The standard InChI is InChI=1S/C18H13F3N2O5/c1-2-9-7-13(25)28-15-14(9)16(26)23(17(27)22-15)8-12(24)10-3-5-11(6-4-10)18(19,20)21/h3-7H,2,8H2,1H3,(H,22,27). The van der Waals surface area contributed by atoms with Gasteiger partial charge in [0.15, 0.2) is 5.78 Å². The fraction of sp³-hybridized carbons (Fsp3) is 0.222. The number of benzene rings is 1. The van der Waals surface area contributed by atoms with Crippen molar-refractivity contribution in [3.05, 3.63) is 78.3 Å². The Hall–Kier alpha value is -3.43. The van der Waals surface area contributed by atoms with E-state index in [2.05, 4.69) is 4.98 Å². The SMILES string of the molecule is CCc1cc(=O)oc2[nH]c(=O)n(CC(=O)c3ccc(C(F)(F)F)cc3)c(=O)c12. The van der Waals surface area contributed by atoms with E-state index in [4.69, 9.17) is 4.42 Å². The summed E-state index contributed by atoms with van der Waals surface area (Å²) >= 11 is 0. The highest BCUT2D eigenvalue weighted by Crippen LogP contribution is 2.29. The minimum absolute atomic E-state index is 0.0399. The zero-order chi connectivity index (χ0) is 20.6. The topological polar surface area (TPSA) is 102 Å². The van der Waals surface area contributed by atoms with Gasteiger partial charge in [0.2, 0.25) is 5.71 Å². The zero-order valence-electron chi connectivity index (χ0n) is 14.4. The van der Waals surface area contributed by atoms with Gasteiger partial charge in [-0.25, -0.2) is 9.59 Å². The number of aromatic amines is 1. The lowest BCUT2D eigenvalue weighted by molar-refractivity contribution is -0.137. The average molecular weight is 394 g/mol. The van der Waals surface area contributed by atoms with Crippen molar-refractivity contribution in [3.8, 4) is 0 Å². The number of nitrogens with one attached hydrogen (secondary N) is 1. The van der Waals surface area contributed by atoms with Gasteiger partial charge in [0, 0.05) is 11.6 Å². The Bertz CT molecular complexity index is 1230. The first-order chi connectivity index (χ1) is 13.1. The molecular weight excluding hydrogens is 381 g/mol. The third kappa shape index (κ3) is 3.53. The first-order valence-corrected chi connectivity index (χ1v) is 8.12. The molecule has 28 heavy (non-hydrogen) atoms. The number of fused-ring (bicyclic) bond motifs is 1. The summed E-state index contributed by atoms with van der Waals surface area (Å²) in [6.07, 6.45) is -4.25. The van der Waals surface area contributed by atoms with Gasteiger partial charge in [0.1, 0.15) is 5.39 Å². The maximum Gasteiger partial charge on any atom is 0.416 e. The molecule has 1 aromatic carbocycles. The van der Waals surface area contributed by atoms with E-state index in [-0.39, 0.29) is 16.7 Å². The van der Waals surface area contributed by atoms with Gasteiger partial charge in [-0.3, -0.25) is 19.1 Å². The molecule has 3 aromatic rings. The number of ketones is 1. The molecule has 0 unspecified atom stereocenters. The van der Waals surface area contributed by atoms with Crippen molar-refractivity contribution in [2.45, 2.75) is 26.1 Å². The number of aromatic nitrogens is 2. The molecule has 2 aromatic heterocycles. The molecule has 146 valence electrons. The molecule has 2 heterocycles. The van der Waals surface area contributed by atoms with Crippen LogP contribution in [0.2, 0.25) is 0 Å². The van der Waals surface area contributed by atoms with Gasteiger partial charge in [0.25, 0.3) is 5.56 Å². The van der Waals surface area contributed by atoms with Crippen LogP contribution in [-0.4, -0.2) is 15.3 Å². The summed E-state index contributed by atoms with van der Waals surface area (Å²) in [6.45, 7) is 1.01. The van der Waals surface area contributed by atoms with Gasteiger partial charge in [-0.15, -0.1) is 0 Å². The number of Topliss-reactive ketones (excluding diaryl/α,β-unsaturated/α-hetero) is 1. The third-order valence-corrected chi connectivity index (χ3v) is 4.18. The second-order valence-electron chi connectivity index (χ2n) is 5.97. The van der Waals surface area contributed by atoms with Crippen LogP contribution in [0.5, 0.6) is 0 Å². The van der Waals surface area contributed by atoms with Gasteiger partial charge < -0.3 is 4.42 Å². The molecule has 0 amide bonds. The Balaban J connectivity index is 2.04. The number of halogens is 3. The Kier molecular flexibility index (Phi) is 4.80. The van der Waals surface area contributed by atoms with Crippen LogP contribution in [-0.2, 0) is 19.1 Å². The van der Waals surface area contributed by atoms with E-state index in [1.165, 1.54) is 0 Å². The Morgan fingerprint density at radius 2 is 1.79 bits per heavy atom. The Labute approximate surface area is 154 Å². The highest BCUT2D eigenvalue weighted by molar-refractivity contribution is 5.96. The minimum atomic E-state index is -4.55. The molecular formula is C18H13F3N2O5. The van der Waals surface area contributed by atoms with Crippen LogP contribution in [0.3, 0.4) is 0 Å². The first-order valence-electron chi connectivity index (χ1n) is 8.12. The molecule has 1 N–H and O–H groups in total. The van der Waals surface area contributed by atoms with Crippen LogP contribution in [0.25, 0.3) is 11.1 Å². The molecule has 0 saturated carbocycles. The van der Waals surface area contributed by atoms with Crippen molar-refractivity contribution in [1.29, 1.82) is 0 Å². The molecule has 7 nitrogen and oxygen atoms in total. The van der Waals surface area contributed by atoms with E-state index in [1.807, 2.05) is 0 Å². The molecule has 10 heteroatoms. The fourth-order valence-electron chi connectivity index (χ4n) is 2.76. The second-order valence-corrected chi connectivity index (χ2v) is 5.97. The molecule has 0 radical (unpaired) electrons. The van der Waals surface area contributed by atoms with Crippen molar-refractivity contribution in [3.63, 3.8) is 0 Å². The first kappa shape index (κ1) is 19.3. The summed E-state index contributed by atoms with van der Waals surface area (Å²) in [4.78, 5) is 50.9. The van der Waals surface area contributed by atoms with Crippen molar-refractivity contribution < 1.29 is 22.4 Å². The van der Waals surface area contributed by atoms with E-state index in [9.17, 15) is 32.3 Å². The van der Waals surface area contributed by atoms with Gasteiger partial charge >= 0.3 is 17.5 Å². The van der Waals surface area contributed by atoms with E-state index >= 15 is 0 Å². The van der Waals surface area contributed by atoms with Crippen LogP contribution in [0.4, 0.5) is 13.2 Å². The highest BCUT2D eigenvalue weighted by Gasteiger charge is 2.30. The summed E-state index contributed by atoms with van der Waals surface area (Å²) in [5.74, 6) is -0.726. The fourth-order valence-corrected chi connectivity index (χ4v) is 2.76. The number of alkyl halides is 3. The van der Waals surface area contributed by atoms with E-state index in [0.29, 0.717) is 16.6 Å². The number of nitrogens with zero attached hydrogens (tertiary/aromatic N) is 1. The van der Waals surface area contributed by atoms with Crippen molar-refractivity contribution in [2.24, 2.45) is 0 Å². The number of hydrogen-bond donors (Lipinski definition) is 1. The molecule has 0 aliphatic heterocycles. The van der Waals surface area contributed by atoms with Crippen molar-refractivity contribution in [2.75, 3.05) is 0 Å². The van der Waals surface area contributed by atoms with Crippen molar-refractivity contribution >= 4 is 16.9 Å². The van der Waals surface area contributed by atoms with Gasteiger partial charge in [-0.05, 0) is 24.1 Å². The Morgan fingerprint density at radius 1 is 1.14 bits per heavy atom. The largest absolute Gasteiger partial charge is 0.416 e. The summed E-state index contributed by atoms with van der Waals surface area (Å²) in [5, 5.41) is -0.0399. The van der Waals surface area contributed by atoms with Crippen LogP contribution in [0, 0.1) is 0 Å². The maximum atomic E-state index is 12.7. The molecule has 0 atom stereocenters. The second kappa shape index (κ2) is 6.95. The number of rotatable bonds is 4. The molecule has 0 spiro atoms. The zero-order valence-corrected chi connectivity index (χ0v) is 14.4. The molecule has 3 rings (SSSR count). The van der Waals surface area contributed by atoms with Crippen LogP contribution < -0.4 is 16.9 Å². The summed E-state index contributed by atoms with van der Waals surface area (Å²) in [7, 11) is 0. The summed E-state index contributed by atoms with van der Waals surface area (Å²) in [6, 6.07) is 4.54. The molecule has 0 aliphatic carbocycles. The number of hydrogen-bond acceptors (Lipinski definition) is 5. The van der Waals surface area contributed by atoms with E-state index in [1.54, 1.807) is 6.92 Å². The quantitative estimate of drug-likeness (QED) is 0.683. The highest BCUT2D eigenvalue weighted by atomic mass is 19.4. The van der Waals surface area contributed by atoms with E-state index < -0.39 is 40.9 Å². The van der Waals surface area contributed by atoms with Gasteiger partial charge in [-0.1, -0.05) is 19.1 Å². The van der Waals surface area contributed by atoms with Crippen molar-refractivity contribution in [1.82, 2.24) is 9.55 Å². The molecule has 0 saturated heterocycles. The average Bonchev–Trinajstić information content (AvgIpc) is 2.63. The summed E-state index contributed by atoms with van der Waals surface area (Å²) < 4.78 is 43.3. The number of carbonyl (C=O) groups is 1. The lowest BCUT2D eigenvalue weighted by Crippen LogP contribution is -2.38. The maximum absolute atomic E-state index is 12.7. The predicted molar refractivity (Wildman–Crippen MR) is 92.5 cm³/mol. The lowest BCUT2D eigenvalue weighted by atomic mass is 10.1. The molecule has 0 bridgehead atoms. The molecule has 0 aliphatic rings. The normalized spacial score (nSPS) is 11.7. The van der Waals surface area contributed by atoms with E-state index in [0.717, 1.165) is 30.3 Å². The monoisotopic (exact) mass is 394 g/mol. The minimum Gasteiger partial charge on any atom is -0.405 e. The van der Waals surface area contributed by atoms with Crippen LogP contribution in [0.1, 0.15) is 28.4 Å². The number of carbonyl (C=O) groups excluding carboxylic acids is 1. The third-order valence-electron chi connectivity index (χ3n) is 4.18. The van der Waals surface area contributed by atoms with Gasteiger partial charge in [-0.2, -0.15) is 13.2 Å². The smallest absolute Gasteiger partial charge is 0.405 e. The molecule has 0 fully saturated rings.